The van der Waals surface area contributed by atoms with Crippen molar-refractivity contribution in [3.05, 3.63) is 49.4 Å². The summed E-state index contributed by atoms with van der Waals surface area (Å²) >= 11 is 5.08. The lowest BCUT2D eigenvalue weighted by molar-refractivity contribution is -0.0329. The van der Waals surface area contributed by atoms with Gasteiger partial charge in [0.05, 0.1) is 18.3 Å². The van der Waals surface area contributed by atoms with Crippen LogP contribution < -0.4 is 0 Å². The lowest BCUT2D eigenvalue weighted by atomic mass is 9.94. The number of fused-ring (bicyclic) bond motifs is 1. The second-order valence-electron chi connectivity index (χ2n) is 6.06. The minimum absolute atomic E-state index is 0.0242. The van der Waals surface area contributed by atoms with Crippen LogP contribution in [-0.2, 0) is 22.6 Å². The maximum absolute atomic E-state index is 11.7. The van der Waals surface area contributed by atoms with Crippen molar-refractivity contribution < 1.29 is 14.3 Å². The van der Waals surface area contributed by atoms with Gasteiger partial charge in [0.25, 0.3) is 0 Å². The summed E-state index contributed by atoms with van der Waals surface area (Å²) in [6.45, 7) is 5.77. The zero-order chi connectivity index (χ0) is 16.7. The molecule has 0 amide bonds. The van der Waals surface area contributed by atoms with Gasteiger partial charge in [-0.2, -0.15) is 0 Å². The van der Waals surface area contributed by atoms with Gasteiger partial charge in [-0.05, 0) is 40.0 Å². The number of rotatable bonds is 3. The van der Waals surface area contributed by atoms with Crippen molar-refractivity contribution in [3.63, 3.8) is 0 Å². The summed E-state index contributed by atoms with van der Waals surface area (Å²) in [4.78, 5) is 19.6. The van der Waals surface area contributed by atoms with Crippen molar-refractivity contribution in [2.75, 3.05) is 19.7 Å². The molecule has 2 aliphatic heterocycles. The molecule has 2 aliphatic rings. The van der Waals surface area contributed by atoms with E-state index in [4.69, 9.17) is 9.47 Å². The van der Waals surface area contributed by atoms with E-state index in [2.05, 4.69) is 32.7 Å². The number of aromatic nitrogens is 1. The van der Waals surface area contributed by atoms with Crippen LogP contribution in [0.5, 0.6) is 0 Å². The number of carbonyl (C=O) groups is 1. The second kappa shape index (κ2) is 6.55. The van der Waals surface area contributed by atoms with Crippen molar-refractivity contribution in [2.45, 2.75) is 26.2 Å². The van der Waals surface area contributed by atoms with E-state index in [1.54, 1.807) is 11.3 Å². The van der Waals surface area contributed by atoms with Gasteiger partial charge in [0.2, 0.25) is 0 Å². The number of nitrogens with zero attached hydrogens (tertiary/aromatic N) is 2. The van der Waals surface area contributed by atoms with Crippen LogP contribution in [0.3, 0.4) is 0 Å². The third kappa shape index (κ3) is 3.01. The van der Waals surface area contributed by atoms with Gasteiger partial charge in [0.1, 0.15) is 6.61 Å². The minimum atomic E-state index is -0.221. The molecule has 4 rings (SSSR count). The molecule has 3 heterocycles. The third-order valence-electron chi connectivity index (χ3n) is 4.61. The molecule has 1 aromatic carbocycles. The van der Waals surface area contributed by atoms with Crippen molar-refractivity contribution in [1.82, 2.24) is 9.88 Å². The first-order chi connectivity index (χ1) is 11.6. The van der Waals surface area contributed by atoms with Crippen LogP contribution in [0.25, 0.3) is 0 Å². The SMILES string of the molecule is Cc1c([C@@H]2CN(Cc3cnc(Br)s3)CCO2)ccc2c1COC2=O. The molecule has 0 aliphatic carbocycles. The molecule has 24 heavy (non-hydrogen) atoms. The average molecular weight is 409 g/mol. The molecule has 1 atom stereocenters. The van der Waals surface area contributed by atoms with Crippen molar-refractivity contribution in [2.24, 2.45) is 0 Å². The number of halogens is 1. The van der Waals surface area contributed by atoms with E-state index >= 15 is 0 Å². The van der Waals surface area contributed by atoms with Gasteiger partial charge in [-0.15, -0.1) is 11.3 Å². The maximum Gasteiger partial charge on any atom is 0.338 e. The highest BCUT2D eigenvalue weighted by molar-refractivity contribution is 9.11. The first kappa shape index (κ1) is 16.2. The molecule has 0 N–H and O–H groups in total. The van der Waals surface area contributed by atoms with Crippen LogP contribution in [0.4, 0.5) is 0 Å². The Morgan fingerprint density at radius 1 is 1.46 bits per heavy atom. The molecule has 5 nitrogen and oxygen atoms in total. The first-order valence-electron chi connectivity index (χ1n) is 7.85. The van der Waals surface area contributed by atoms with Crippen molar-refractivity contribution in [1.29, 1.82) is 0 Å². The summed E-state index contributed by atoms with van der Waals surface area (Å²) in [7, 11) is 0. The Balaban J connectivity index is 1.53. The number of ether oxygens (including phenoxy) is 2. The lowest BCUT2D eigenvalue weighted by Gasteiger charge is -2.33. The van der Waals surface area contributed by atoms with E-state index in [1.165, 1.54) is 4.88 Å². The average Bonchev–Trinajstić information content (AvgIpc) is 3.15. The second-order valence-corrected chi connectivity index (χ2v) is 8.45. The summed E-state index contributed by atoms with van der Waals surface area (Å²) in [6.07, 6.45) is 1.94. The summed E-state index contributed by atoms with van der Waals surface area (Å²) < 4.78 is 12.1. The smallest absolute Gasteiger partial charge is 0.338 e. The predicted octanol–water partition coefficient (Wildman–Crippen LogP) is 3.46. The minimum Gasteiger partial charge on any atom is -0.457 e. The molecule has 0 bridgehead atoms. The number of esters is 1. The van der Waals surface area contributed by atoms with Crippen LogP contribution in [0.15, 0.2) is 22.2 Å². The van der Waals surface area contributed by atoms with Crippen LogP contribution >= 0.6 is 27.3 Å². The summed E-state index contributed by atoms with van der Waals surface area (Å²) in [5.74, 6) is -0.221. The molecule has 0 saturated carbocycles. The molecule has 0 radical (unpaired) electrons. The van der Waals surface area contributed by atoms with E-state index in [1.807, 2.05) is 18.3 Å². The number of benzene rings is 1. The molecule has 1 aromatic heterocycles. The van der Waals surface area contributed by atoms with Gasteiger partial charge in [-0.3, -0.25) is 4.90 Å². The van der Waals surface area contributed by atoms with E-state index in [0.717, 1.165) is 40.2 Å². The van der Waals surface area contributed by atoms with E-state index < -0.39 is 0 Å². The number of thiazole rings is 1. The van der Waals surface area contributed by atoms with Crippen molar-refractivity contribution >= 4 is 33.2 Å². The lowest BCUT2D eigenvalue weighted by Crippen LogP contribution is -2.37. The molecule has 0 spiro atoms. The highest BCUT2D eigenvalue weighted by Crippen LogP contribution is 2.32. The molecule has 1 saturated heterocycles. The number of hydrogen-bond acceptors (Lipinski definition) is 6. The monoisotopic (exact) mass is 408 g/mol. The number of hydrogen-bond donors (Lipinski definition) is 0. The molecule has 2 aromatic rings. The third-order valence-corrected chi connectivity index (χ3v) is 6.07. The van der Waals surface area contributed by atoms with Gasteiger partial charge in [-0.25, -0.2) is 9.78 Å². The Hall–Kier alpha value is -1.28. The van der Waals surface area contributed by atoms with E-state index in [9.17, 15) is 4.79 Å². The van der Waals surface area contributed by atoms with Gasteiger partial charge >= 0.3 is 5.97 Å². The van der Waals surface area contributed by atoms with Gasteiger partial charge < -0.3 is 9.47 Å². The van der Waals surface area contributed by atoms with Crippen LogP contribution in [0, 0.1) is 6.92 Å². The zero-order valence-corrected chi connectivity index (χ0v) is 15.7. The highest BCUT2D eigenvalue weighted by atomic mass is 79.9. The predicted molar refractivity (Wildman–Crippen MR) is 94.1 cm³/mol. The Kier molecular flexibility index (Phi) is 4.42. The number of morpholine rings is 1. The molecule has 0 unspecified atom stereocenters. The summed E-state index contributed by atoms with van der Waals surface area (Å²) in [5, 5.41) is 0. The quantitative estimate of drug-likeness (QED) is 0.727. The fourth-order valence-electron chi connectivity index (χ4n) is 3.33. The van der Waals surface area contributed by atoms with Crippen molar-refractivity contribution in [3.8, 4) is 0 Å². The summed E-state index contributed by atoms with van der Waals surface area (Å²) in [6, 6.07) is 3.88. The van der Waals surface area contributed by atoms with Gasteiger partial charge in [0, 0.05) is 36.3 Å². The molecule has 7 heteroatoms. The van der Waals surface area contributed by atoms with Gasteiger partial charge in [-0.1, -0.05) is 6.07 Å². The number of carbonyl (C=O) groups excluding carboxylic acids is 1. The van der Waals surface area contributed by atoms with Crippen LogP contribution in [-0.4, -0.2) is 35.5 Å². The Morgan fingerprint density at radius 3 is 3.12 bits per heavy atom. The zero-order valence-electron chi connectivity index (χ0n) is 13.3. The standard InChI is InChI=1S/C17H17BrN2O3S/c1-10-12(2-3-13-14(10)9-23-16(13)21)15-8-20(4-5-22-15)7-11-6-19-17(18)24-11/h2-3,6,15H,4-5,7-9H2,1H3/t15-/m0/s1. The molecular formula is C17H17BrN2O3S. The highest BCUT2D eigenvalue weighted by Gasteiger charge is 2.29. The first-order valence-corrected chi connectivity index (χ1v) is 9.46. The topological polar surface area (TPSA) is 51.7 Å². The van der Waals surface area contributed by atoms with Crippen LogP contribution in [0.1, 0.15) is 38.0 Å². The maximum atomic E-state index is 11.7. The Morgan fingerprint density at radius 2 is 2.33 bits per heavy atom. The molecular weight excluding hydrogens is 392 g/mol. The van der Waals surface area contributed by atoms with Gasteiger partial charge in [0.15, 0.2) is 3.92 Å². The molecule has 1 fully saturated rings. The van der Waals surface area contributed by atoms with E-state index in [0.29, 0.717) is 18.8 Å². The van der Waals surface area contributed by atoms with E-state index in [-0.39, 0.29) is 12.1 Å². The Bertz CT molecular complexity index is 792. The van der Waals surface area contributed by atoms with Crippen LogP contribution in [0.2, 0.25) is 0 Å². The summed E-state index contributed by atoms with van der Waals surface area (Å²) in [5.41, 5.74) is 3.97. The fourth-order valence-corrected chi connectivity index (χ4v) is 4.73. The molecule has 126 valence electrons. The number of cyclic esters (lactones) is 1. The Labute approximate surface area is 152 Å². The fraction of sp³-hybridized carbons (Fsp3) is 0.412. The largest absolute Gasteiger partial charge is 0.457 e. The normalized spacial score (nSPS) is 20.9.